The summed E-state index contributed by atoms with van der Waals surface area (Å²) in [5.74, 6) is 0.895. The Kier molecular flexibility index (Phi) is 16.6. The van der Waals surface area contributed by atoms with E-state index in [1.165, 1.54) is 0 Å². The number of esters is 2. The van der Waals surface area contributed by atoms with Gasteiger partial charge in [0.2, 0.25) is 0 Å². The summed E-state index contributed by atoms with van der Waals surface area (Å²) in [7, 11) is 0. The van der Waals surface area contributed by atoms with Gasteiger partial charge in [0.1, 0.15) is 49.4 Å². The monoisotopic (exact) mass is 958 g/mol. The van der Waals surface area contributed by atoms with E-state index < -0.39 is 35.2 Å². The summed E-state index contributed by atoms with van der Waals surface area (Å²) in [5.41, 5.74) is 17.9. The van der Waals surface area contributed by atoms with Gasteiger partial charge in [0.05, 0.1) is 12.1 Å². The van der Waals surface area contributed by atoms with E-state index in [4.69, 9.17) is 39.9 Å². The van der Waals surface area contributed by atoms with Gasteiger partial charge in [-0.15, -0.1) is 0 Å². The number of ether oxygens (including phenoxy) is 6. The summed E-state index contributed by atoms with van der Waals surface area (Å²) in [4.78, 5) is 27.9. The lowest BCUT2D eigenvalue weighted by Crippen LogP contribution is -2.40. The maximum absolute atomic E-state index is 14.0. The lowest BCUT2D eigenvalue weighted by molar-refractivity contribution is -0.158. The molecule has 0 radical (unpaired) electrons. The van der Waals surface area contributed by atoms with Gasteiger partial charge in [0, 0.05) is 12.2 Å². The van der Waals surface area contributed by atoms with Gasteiger partial charge < -0.3 is 39.9 Å². The molecule has 0 bridgehead atoms. The van der Waals surface area contributed by atoms with Gasteiger partial charge in [0.15, 0.2) is 11.2 Å². The molecule has 0 spiro atoms. The molecule has 0 aliphatic heterocycles. The maximum Gasteiger partial charge on any atom is 0.331 e. The van der Waals surface area contributed by atoms with Crippen LogP contribution < -0.4 is 30.4 Å². The second kappa shape index (κ2) is 23.9. The lowest BCUT2D eigenvalue weighted by atomic mass is 9.84. The summed E-state index contributed by atoms with van der Waals surface area (Å²) < 4.78 is 36.7. The summed E-state index contributed by atoms with van der Waals surface area (Å²) in [6, 6.07) is 66.9. The zero-order valence-corrected chi connectivity index (χ0v) is 40.3. The van der Waals surface area contributed by atoms with E-state index in [1.807, 2.05) is 218 Å². The fourth-order valence-electron chi connectivity index (χ4n) is 8.13. The zero-order valence-electron chi connectivity index (χ0n) is 40.3. The highest BCUT2D eigenvalue weighted by Crippen LogP contribution is 2.40. The molecule has 0 heterocycles. The first-order valence-electron chi connectivity index (χ1n) is 23.8. The molecule has 4 unspecified atom stereocenters. The Morgan fingerprint density at radius 2 is 0.611 bits per heavy atom. The fourth-order valence-corrected chi connectivity index (χ4v) is 8.13. The number of carbonyl (C=O) groups is 2. The minimum absolute atomic E-state index is 0.375. The molecule has 0 aromatic heterocycles. The van der Waals surface area contributed by atoms with E-state index >= 15 is 0 Å². The summed E-state index contributed by atoms with van der Waals surface area (Å²) in [5, 5.41) is 0. The summed E-state index contributed by atoms with van der Waals surface area (Å²) in [6.07, 6.45) is 2.08. The van der Waals surface area contributed by atoms with E-state index in [1.54, 1.807) is 13.8 Å². The predicted molar refractivity (Wildman–Crippen MR) is 279 cm³/mol. The van der Waals surface area contributed by atoms with Crippen LogP contribution in [0.4, 0.5) is 0 Å². The average molecular weight is 959 g/mol. The number of rotatable bonds is 22. The third kappa shape index (κ3) is 13.2. The van der Waals surface area contributed by atoms with Gasteiger partial charge in [0.25, 0.3) is 0 Å². The number of carbonyl (C=O) groups excluding carboxylic acids is 2. The summed E-state index contributed by atoms with van der Waals surface area (Å²) >= 11 is 0. The van der Waals surface area contributed by atoms with Crippen LogP contribution >= 0.6 is 0 Å². The van der Waals surface area contributed by atoms with Crippen LogP contribution in [-0.2, 0) is 56.7 Å². The first-order chi connectivity index (χ1) is 35.0. The van der Waals surface area contributed by atoms with Crippen molar-refractivity contribution < 1.29 is 38.0 Å². The van der Waals surface area contributed by atoms with Crippen LogP contribution in [0.3, 0.4) is 0 Å². The van der Waals surface area contributed by atoms with Crippen LogP contribution in [0.15, 0.2) is 231 Å². The highest BCUT2D eigenvalue weighted by molar-refractivity contribution is 5.92. The molecule has 0 aliphatic rings. The standard InChI is InChI=1S/C62H58N2O8/c1-61(51-27-35-55(36-28-51)69-43-47-19-11-5-12-20-47,59(63)49-23-31-53(32-24-49)67-41-45-15-7-3-8-16-45)71-57(65)39-40-58(66)72-62(2,52-29-37-56(38-30-52)70-44-48-21-13-6-14-22-48)60(64)50-25-33-54(34-26-50)68-42-46-17-9-4-10-18-46/h3-40,59-60H,41-44,63-64H2,1-2H3/b40-39+. The number of hydrogen-bond acceptors (Lipinski definition) is 10. The molecule has 0 saturated heterocycles. The van der Waals surface area contributed by atoms with E-state index in [0.29, 0.717) is 71.7 Å². The molecular formula is C62H58N2O8. The predicted octanol–water partition coefficient (Wildman–Crippen LogP) is 12.2. The van der Waals surface area contributed by atoms with Gasteiger partial charge in [-0.05, 0) is 107 Å². The normalized spacial score (nSPS) is 13.7. The minimum atomic E-state index is -1.44. The Bertz CT molecular complexity index is 2770. The molecule has 10 nitrogen and oxygen atoms in total. The Morgan fingerprint density at radius 1 is 0.375 bits per heavy atom. The Hall–Kier alpha value is -8.44. The quantitative estimate of drug-likeness (QED) is 0.0498. The van der Waals surface area contributed by atoms with Crippen LogP contribution in [0.2, 0.25) is 0 Å². The van der Waals surface area contributed by atoms with Crippen molar-refractivity contribution in [3.8, 4) is 23.0 Å². The molecule has 72 heavy (non-hydrogen) atoms. The Labute approximate surface area is 421 Å². The topological polar surface area (TPSA) is 142 Å². The van der Waals surface area contributed by atoms with Crippen LogP contribution in [-0.4, -0.2) is 11.9 Å². The van der Waals surface area contributed by atoms with Crippen LogP contribution in [0.1, 0.15) is 70.4 Å². The Morgan fingerprint density at radius 3 is 0.861 bits per heavy atom. The third-order valence-electron chi connectivity index (χ3n) is 12.5. The van der Waals surface area contributed by atoms with Crippen LogP contribution in [0.25, 0.3) is 0 Å². The fraction of sp³-hybridized carbons (Fsp3) is 0.161. The van der Waals surface area contributed by atoms with E-state index in [2.05, 4.69) is 0 Å². The van der Waals surface area contributed by atoms with Crippen molar-refractivity contribution >= 4 is 11.9 Å². The maximum atomic E-state index is 14.0. The van der Waals surface area contributed by atoms with E-state index in [-0.39, 0.29) is 0 Å². The van der Waals surface area contributed by atoms with Gasteiger partial charge >= 0.3 is 11.9 Å². The van der Waals surface area contributed by atoms with Crippen LogP contribution in [0.5, 0.6) is 23.0 Å². The molecule has 0 aliphatic carbocycles. The number of nitrogens with two attached hydrogens (primary N) is 2. The molecule has 8 aromatic carbocycles. The molecule has 10 heteroatoms. The van der Waals surface area contributed by atoms with Gasteiger partial charge in [-0.25, -0.2) is 9.59 Å². The number of hydrogen-bond donors (Lipinski definition) is 2. The van der Waals surface area contributed by atoms with Gasteiger partial charge in [-0.1, -0.05) is 170 Å². The molecule has 4 atom stereocenters. The minimum Gasteiger partial charge on any atom is -0.489 e. The zero-order chi connectivity index (χ0) is 50.2. The van der Waals surface area contributed by atoms with Gasteiger partial charge in [-0.2, -0.15) is 0 Å². The molecule has 8 rings (SSSR count). The average Bonchev–Trinajstić information content (AvgIpc) is 3.43. The van der Waals surface area contributed by atoms with Crippen molar-refractivity contribution in [2.24, 2.45) is 11.5 Å². The Balaban J connectivity index is 1.01. The van der Waals surface area contributed by atoms with Crippen LogP contribution in [0, 0.1) is 0 Å². The molecule has 8 aromatic rings. The van der Waals surface area contributed by atoms with E-state index in [0.717, 1.165) is 34.4 Å². The third-order valence-corrected chi connectivity index (χ3v) is 12.5. The number of benzene rings is 8. The first-order valence-corrected chi connectivity index (χ1v) is 23.8. The molecule has 4 N–H and O–H groups in total. The first kappa shape index (κ1) is 50.0. The molecule has 364 valence electrons. The van der Waals surface area contributed by atoms with Gasteiger partial charge in [-0.3, -0.25) is 0 Å². The van der Waals surface area contributed by atoms with Crippen molar-refractivity contribution in [3.05, 3.63) is 275 Å². The van der Waals surface area contributed by atoms with Crippen molar-refractivity contribution in [1.29, 1.82) is 0 Å². The van der Waals surface area contributed by atoms with Crippen molar-refractivity contribution in [1.82, 2.24) is 0 Å². The summed E-state index contributed by atoms with van der Waals surface area (Å²) in [6.45, 7) is 5.02. The smallest absolute Gasteiger partial charge is 0.331 e. The lowest BCUT2D eigenvalue weighted by Gasteiger charge is -2.36. The van der Waals surface area contributed by atoms with Crippen molar-refractivity contribution in [2.45, 2.75) is 63.6 Å². The SMILES string of the molecule is CC(OC(=O)/C=C/C(=O)OC(C)(c1ccc(OCc2ccccc2)cc1)C(N)c1ccc(OCc2ccccc2)cc1)(c1ccc(OCc2ccccc2)cc1)C(N)c1ccc(OCc2ccccc2)cc1. The second-order valence-corrected chi connectivity index (χ2v) is 17.6. The van der Waals surface area contributed by atoms with E-state index in [9.17, 15) is 9.59 Å². The van der Waals surface area contributed by atoms with Crippen molar-refractivity contribution in [2.75, 3.05) is 0 Å². The molecule has 0 fully saturated rings. The molecule has 0 amide bonds. The highest BCUT2D eigenvalue weighted by Gasteiger charge is 2.40. The van der Waals surface area contributed by atoms with Crippen molar-refractivity contribution in [3.63, 3.8) is 0 Å². The molecule has 0 saturated carbocycles. The highest BCUT2D eigenvalue weighted by atomic mass is 16.6. The second-order valence-electron chi connectivity index (χ2n) is 17.6. The molecular weight excluding hydrogens is 901 g/mol. The largest absolute Gasteiger partial charge is 0.489 e.